The molecule has 19 heavy (non-hydrogen) atoms. The summed E-state index contributed by atoms with van der Waals surface area (Å²) in [6, 6.07) is 4.93. The molecule has 2 unspecified atom stereocenters. The molecule has 1 saturated heterocycles. The highest BCUT2D eigenvalue weighted by Gasteiger charge is 2.24. The van der Waals surface area contributed by atoms with E-state index in [2.05, 4.69) is 61.9 Å². The lowest BCUT2D eigenvalue weighted by molar-refractivity contribution is 0.521. The number of nitrogens with one attached hydrogen (secondary N) is 1. The lowest BCUT2D eigenvalue weighted by Crippen LogP contribution is -2.46. The molecule has 1 heterocycles. The van der Waals surface area contributed by atoms with Crippen molar-refractivity contribution in [2.75, 3.05) is 17.3 Å². The summed E-state index contributed by atoms with van der Waals surface area (Å²) in [4.78, 5) is 0. The number of benzene rings is 1. The van der Waals surface area contributed by atoms with Crippen molar-refractivity contribution in [1.29, 1.82) is 0 Å². The van der Waals surface area contributed by atoms with Gasteiger partial charge in [0.2, 0.25) is 0 Å². The van der Waals surface area contributed by atoms with Gasteiger partial charge in [0.25, 0.3) is 0 Å². The van der Waals surface area contributed by atoms with Gasteiger partial charge in [0.1, 0.15) is 0 Å². The third-order valence-corrected chi connectivity index (χ3v) is 6.69. The maximum atomic E-state index is 5.81. The summed E-state index contributed by atoms with van der Waals surface area (Å²) in [6.07, 6.45) is 1.03. The Morgan fingerprint density at radius 3 is 2.47 bits per heavy atom. The highest BCUT2D eigenvalue weighted by molar-refractivity contribution is 8.06. The predicted molar refractivity (Wildman–Crippen MR) is 89.0 cm³/mol. The molecule has 1 aromatic carbocycles. The fourth-order valence-corrected chi connectivity index (χ4v) is 5.66. The normalized spacial score (nSPS) is 21.4. The van der Waals surface area contributed by atoms with Crippen LogP contribution in [-0.2, 0) is 6.42 Å². The van der Waals surface area contributed by atoms with Gasteiger partial charge in [-0.25, -0.2) is 0 Å². The SMILES string of the molecule is Cc1cc(C)c(CC(NN)C2CSCCS2)c(C)c1. The molecule has 1 aliphatic heterocycles. The molecule has 0 bridgehead atoms. The van der Waals surface area contributed by atoms with E-state index in [4.69, 9.17) is 5.84 Å². The van der Waals surface area contributed by atoms with Gasteiger partial charge in [-0.1, -0.05) is 17.7 Å². The van der Waals surface area contributed by atoms with Crippen LogP contribution in [0.2, 0.25) is 0 Å². The van der Waals surface area contributed by atoms with E-state index in [0.29, 0.717) is 11.3 Å². The fourth-order valence-electron chi connectivity index (χ4n) is 2.79. The van der Waals surface area contributed by atoms with Crippen molar-refractivity contribution in [1.82, 2.24) is 5.43 Å². The Hall–Kier alpha value is -0.160. The van der Waals surface area contributed by atoms with Crippen molar-refractivity contribution in [3.8, 4) is 0 Å². The molecule has 0 amide bonds. The Balaban J connectivity index is 2.13. The number of hydrogen-bond donors (Lipinski definition) is 2. The van der Waals surface area contributed by atoms with Gasteiger partial charge in [-0.05, 0) is 43.9 Å². The number of hydrogen-bond acceptors (Lipinski definition) is 4. The highest BCUT2D eigenvalue weighted by Crippen LogP contribution is 2.29. The van der Waals surface area contributed by atoms with Gasteiger partial charge in [0.15, 0.2) is 0 Å². The van der Waals surface area contributed by atoms with Crippen molar-refractivity contribution in [3.63, 3.8) is 0 Å². The molecule has 106 valence electrons. The average Bonchev–Trinajstić information content (AvgIpc) is 2.39. The second-order valence-corrected chi connectivity index (χ2v) is 7.84. The first-order chi connectivity index (χ1) is 9.11. The van der Waals surface area contributed by atoms with Crippen LogP contribution in [-0.4, -0.2) is 28.6 Å². The van der Waals surface area contributed by atoms with Crippen molar-refractivity contribution in [2.24, 2.45) is 5.84 Å². The van der Waals surface area contributed by atoms with Crippen LogP contribution >= 0.6 is 23.5 Å². The Morgan fingerprint density at radius 2 is 1.95 bits per heavy atom. The van der Waals surface area contributed by atoms with E-state index in [1.54, 1.807) is 0 Å². The van der Waals surface area contributed by atoms with Crippen LogP contribution in [0.25, 0.3) is 0 Å². The molecule has 1 aromatic rings. The van der Waals surface area contributed by atoms with Crippen molar-refractivity contribution < 1.29 is 0 Å². The molecule has 3 N–H and O–H groups in total. The zero-order valence-corrected chi connectivity index (χ0v) is 13.7. The molecule has 2 nitrogen and oxygen atoms in total. The molecule has 0 spiro atoms. The highest BCUT2D eigenvalue weighted by atomic mass is 32.2. The third kappa shape index (κ3) is 3.91. The number of rotatable bonds is 4. The van der Waals surface area contributed by atoms with Crippen molar-refractivity contribution >= 4 is 23.5 Å². The molecule has 0 aliphatic carbocycles. The molecular formula is C15H24N2S2. The van der Waals surface area contributed by atoms with Gasteiger partial charge >= 0.3 is 0 Å². The molecule has 4 heteroatoms. The first-order valence-electron chi connectivity index (χ1n) is 6.84. The Bertz CT molecular complexity index is 405. The zero-order valence-electron chi connectivity index (χ0n) is 12.0. The van der Waals surface area contributed by atoms with Gasteiger partial charge in [-0.15, -0.1) is 0 Å². The summed E-state index contributed by atoms with van der Waals surface area (Å²) in [5.74, 6) is 9.55. The van der Waals surface area contributed by atoms with Crippen LogP contribution in [0, 0.1) is 20.8 Å². The van der Waals surface area contributed by atoms with Crippen LogP contribution in [0.1, 0.15) is 22.3 Å². The number of thioether (sulfide) groups is 2. The minimum Gasteiger partial charge on any atom is -0.271 e. The topological polar surface area (TPSA) is 38.0 Å². The smallest absolute Gasteiger partial charge is 0.0377 e. The standard InChI is InChI=1S/C15H24N2S2/c1-10-6-11(2)13(12(3)7-10)8-14(17-16)15-9-18-4-5-19-15/h6-7,14-15,17H,4-5,8-9,16H2,1-3H3. The quantitative estimate of drug-likeness (QED) is 0.662. The monoisotopic (exact) mass is 296 g/mol. The molecule has 1 aliphatic rings. The van der Waals surface area contributed by atoms with E-state index < -0.39 is 0 Å². The van der Waals surface area contributed by atoms with Gasteiger partial charge < -0.3 is 0 Å². The summed E-state index contributed by atoms with van der Waals surface area (Å²) in [5, 5.41) is 0.629. The number of nitrogens with two attached hydrogens (primary N) is 1. The van der Waals surface area contributed by atoms with E-state index in [-0.39, 0.29) is 0 Å². The van der Waals surface area contributed by atoms with Crippen molar-refractivity contribution in [3.05, 3.63) is 34.4 Å². The first kappa shape index (κ1) is 15.2. The summed E-state index contributed by atoms with van der Waals surface area (Å²) in [6.45, 7) is 6.59. The lowest BCUT2D eigenvalue weighted by atomic mass is 9.93. The van der Waals surface area contributed by atoms with E-state index in [9.17, 15) is 0 Å². The molecule has 2 atom stereocenters. The second-order valence-electron chi connectivity index (χ2n) is 5.34. The third-order valence-electron chi connectivity index (χ3n) is 3.77. The Labute approximate surface area is 125 Å². The maximum Gasteiger partial charge on any atom is 0.0377 e. The Morgan fingerprint density at radius 1 is 1.26 bits per heavy atom. The van der Waals surface area contributed by atoms with Gasteiger partial charge in [-0.2, -0.15) is 23.5 Å². The summed E-state index contributed by atoms with van der Waals surface area (Å²) in [7, 11) is 0. The van der Waals surface area contributed by atoms with E-state index in [1.807, 2.05) is 0 Å². The summed E-state index contributed by atoms with van der Waals surface area (Å²) in [5.41, 5.74) is 8.65. The molecular weight excluding hydrogens is 272 g/mol. The van der Waals surface area contributed by atoms with E-state index in [1.165, 1.54) is 39.5 Å². The van der Waals surface area contributed by atoms with Crippen LogP contribution in [0.3, 0.4) is 0 Å². The maximum absolute atomic E-state index is 5.81. The van der Waals surface area contributed by atoms with Gasteiger partial charge in [0.05, 0.1) is 0 Å². The number of aryl methyl sites for hydroxylation is 3. The van der Waals surface area contributed by atoms with Crippen LogP contribution in [0.4, 0.5) is 0 Å². The van der Waals surface area contributed by atoms with E-state index >= 15 is 0 Å². The second kappa shape index (κ2) is 7.02. The van der Waals surface area contributed by atoms with E-state index in [0.717, 1.165) is 6.42 Å². The molecule has 2 rings (SSSR count). The minimum atomic E-state index is 0.373. The predicted octanol–water partition coefficient (Wildman–Crippen LogP) is 2.83. The molecule has 1 fully saturated rings. The van der Waals surface area contributed by atoms with Gasteiger partial charge in [-0.3, -0.25) is 11.3 Å². The lowest BCUT2D eigenvalue weighted by Gasteiger charge is -2.30. The number of hydrazine groups is 1. The fraction of sp³-hybridized carbons (Fsp3) is 0.600. The minimum absolute atomic E-state index is 0.373. The van der Waals surface area contributed by atoms with Gasteiger partial charge in [0, 0.05) is 28.6 Å². The molecule has 0 aromatic heterocycles. The summed E-state index contributed by atoms with van der Waals surface area (Å²) >= 11 is 4.12. The average molecular weight is 297 g/mol. The van der Waals surface area contributed by atoms with Crippen molar-refractivity contribution in [2.45, 2.75) is 38.5 Å². The molecule has 0 saturated carbocycles. The summed E-state index contributed by atoms with van der Waals surface area (Å²) < 4.78 is 0. The first-order valence-corrected chi connectivity index (χ1v) is 9.04. The van der Waals surface area contributed by atoms with Crippen LogP contribution in [0.5, 0.6) is 0 Å². The largest absolute Gasteiger partial charge is 0.271 e. The van der Waals surface area contributed by atoms with Crippen LogP contribution in [0.15, 0.2) is 12.1 Å². The molecule has 0 radical (unpaired) electrons. The zero-order chi connectivity index (χ0) is 13.8. The van der Waals surface area contributed by atoms with Crippen LogP contribution < -0.4 is 11.3 Å². The Kier molecular flexibility index (Phi) is 5.63.